The molecule has 0 aromatic heterocycles. The summed E-state index contributed by atoms with van der Waals surface area (Å²) in [5, 5.41) is 10.6. The molecule has 0 aliphatic carbocycles. The number of hydrogen-bond donors (Lipinski definition) is 1. The Bertz CT molecular complexity index is 440. The lowest BCUT2D eigenvalue weighted by atomic mass is 9.77. The van der Waals surface area contributed by atoms with Gasteiger partial charge in [0.05, 0.1) is 5.38 Å². The predicted octanol–water partition coefficient (Wildman–Crippen LogP) is 5.92. The highest BCUT2D eigenvalue weighted by atomic mass is 35.5. The molecule has 20 heavy (non-hydrogen) atoms. The molecule has 1 N–H and O–H groups in total. The van der Waals surface area contributed by atoms with E-state index in [-0.39, 0.29) is 16.2 Å². The van der Waals surface area contributed by atoms with Crippen LogP contribution >= 0.6 is 11.6 Å². The number of hydrogen-bond acceptors (Lipinski definition) is 1. The minimum absolute atomic E-state index is 0.0298. The quantitative estimate of drug-likeness (QED) is 0.671. The molecular formula is C18H29ClO. The summed E-state index contributed by atoms with van der Waals surface area (Å²) in [4.78, 5) is 0. The maximum atomic E-state index is 10.7. The third-order valence-corrected chi connectivity index (χ3v) is 4.41. The van der Waals surface area contributed by atoms with E-state index in [0.717, 1.165) is 16.7 Å². The third kappa shape index (κ3) is 3.69. The zero-order valence-corrected chi connectivity index (χ0v) is 14.9. The van der Waals surface area contributed by atoms with Gasteiger partial charge in [0.15, 0.2) is 0 Å². The molecule has 0 aliphatic rings. The summed E-state index contributed by atoms with van der Waals surface area (Å²) < 4.78 is 0. The molecule has 1 rings (SSSR count). The molecule has 0 aliphatic heterocycles. The van der Waals surface area contributed by atoms with Crippen molar-refractivity contribution < 1.29 is 5.11 Å². The van der Waals surface area contributed by atoms with E-state index in [1.807, 2.05) is 0 Å². The van der Waals surface area contributed by atoms with Crippen LogP contribution in [0.25, 0.3) is 0 Å². The van der Waals surface area contributed by atoms with Gasteiger partial charge in [0, 0.05) is 0 Å². The van der Waals surface area contributed by atoms with Gasteiger partial charge in [-0.2, -0.15) is 0 Å². The summed E-state index contributed by atoms with van der Waals surface area (Å²) in [6, 6.07) is 4.14. The van der Waals surface area contributed by atoms with Crippen molar-refractivity contribution in [2.75, 3.05) is 0 Å². The van der Waals surface area contributed by atoms with Crippen LogP contribution in [-0.4, -0.2) is 5.11 Å². The molecule has 0 radical (unpaired) electrons. The van der Waals surface area contributed by atoms with E-state index in [4.69, 9.17) is 11.6 Å². The van der Waals surface area contributed by atoms with E-state index < -0.39 is 0 Å². The Balaban J connectivity index is 3.59. The van der Waals surface area contributed by atoms with Crippen molar-refractivity contribution in [1.29, 1.82) is 0 Å². The molecular weight excluding hydrogens is 268 g/mol. The van der Waals surface area contributed by atoms with Gasteiger partial charge in [-0.15, -0.1) is 11.6 Å². The molecule has 1 unspecified atom stereocenters. The number of rotatable bonds is 2. The van der Waals surface area contributed by atoms with E-state index >= 15 is 0 Å². The number of phenols is 1. The number of benzene rings is 1. The average molecular weight is 297 g/mol. The van der Waals surface area contributed by atoms with Crippen LogP contribution in [0, 0.1) is 5.92 Å². The van der Waals surface area contributed by atoms with Crippen molar-refractivity contribution in [1.82, 2.24) is 0 Å². The largest absolute Gasteiger partial charge is 0.507 e. The van der Waals surface area contributed by atoms with Crippen LogP contribution in [0.5, 0.6) is 5.75 Å². The highest BCUT2D eigenvalue weighted by Gasteiger charge is 2.28. The number of aromatic hydroxyl groups is 1. The molecule has 114 valence electrons. The van der Waals surface area contributed by atoms with E-state index in [2.05, 4.69) is 67.5 Å². The monoisotopic (exact) mass is 296 g/mol. The normalized spacial score (nSPS) is 14.7. The molecule has 1 aromatic carbocycles. The average Bonchev–Trinajstić information content (AvgIpc) is 2.24. The lowest BCUT2D eigenvalue weighted by Gasteiger charge is -2.29. The molecule has 1 aromatic rings. The van der Waals surface area contributed by atoms with Crippen LogP contribution in [0.4, 0.5) is 0 Å². The summed E-state index contributed by atoms with van der Waals surface area (Å²) in [6.45, 7) is 17.0. The van der Waals surface area contributed by atoms with Gasteiger partial charge in [-0.25, -0.2) is 0 Å². The Labute approximate surface area is 129 Å². The molecule has 0 amide bonds. The van der Waals surface area contributed by atoms with E-state index in [1.165, 1.54) is 0 Å². The van der Waals surface area contributed by atoms with E-state index in [9.17, 15) is 5.11 Å². The number of halogens is 1. The maximum absolute atomic E-state index is 10.7. The molecule has 0 fully saturated rings. The molecule has 0 bridgehead atoms. The fourth-order valence-electron chi connectivity index (χ4n) is 2.34. The predicted molar refractivity (Wildman–Crippen MR) is 88.9 cm³/mol. The molecule has 0 heterocycles. The molecule has 1 atom stereocenters. The Morgan fingerprint density at radius 3 is 1.50 bits per heavy atom. The minimum Gasteiger partial charge on any atom is -0.507 e. The Kier molecular flexibility index (Phi) is 4.86. The first-order valence-corrected chi connectivity index (χ1v) is 7.81. The SMILES string of the molecule is CC(C)C(Cl)c1cc(C(C)(C)C)c(O)c(C(C)(C)C)c1. The summed E-state index contributed by atoms with van der Waals surface area (Å²) in [5.41, 5.74) is 2.85. The Hall–Kier alpha value is -0.690. The van der Waals surface area contributed by atoms with Gasteiger partial charge in [0.1, 0.15) is 5.75 Å². The van der Waals surface area contributed by atoms with Gasteiger partial charge in [0.25, 0.3) is 0 Å². The standard InChI is InChI=1S/C18H29ClO/c1-11(2)15(19)12-9-13(17(3,4)5)16(20)14(10-12)18(6,7)8/h9-11,15,20H,1-8H3. The minimum atomic E-state index is -0.103. The fraction of sp³-hybridized carbons (Fsp3) is 0.667. The van der Waals surface area contributed by atoms with Crippen molar-refractivity contribution in [3.63, 3.8) is 0 Å². The second kappa shape index (κ2) is 5.60. The highest BCUT2D eigenvalue weighted by Crippen LogP contribution is 2.42. The van der Waals surface area contributed by atoms with Crippen molar-refractivity contribution in [2.24, 2.45) is 5.92 Å². The Morgan fingerprint density at radius 2 is 1.25 bits per heavy atom. The van der Waals surface area contributed by atoms with Crippen LogP contribution in [-0.2, 0) is 10.8 Å². The van der Waals surface area contributed by atoms with Crippen LogP contribution in [0.1, 0.15) is 77.5 Å². The topological polar surface area (TPSA) is 20.2 Å². The molecule has 0 saturated heterocycles. The third-order valence-electron chi connectivity index (χ3n) is 3.65. The van der Waals surface area contributed by atoms with Crippen LogP contribution < -0.4 is 0 Å². The van der Waals surface area contributed by atoms with Crippen molar-refractivity contribution >= 4 is 11.6 Å². The van der Waals surface area contributed by atoms with E-state index in [0.29, 0.717) is 11.7 Å². The molecule has 0 saturated carbocycles. The first kappa shape index (κ1) is 17.4. The van der Waals surface area contributed by atoms with Crippen LogP contribution in [0.15, 0.2) is 12.1 Å². The maximum Gasteiger partial charge on any atom is 0.123 e. The van der Waals surface area contributed by atoms with Gasteiger partial charge < -0.3 is 5.11 Å². The fourth-order valence-corrected chi connectivity index (χ4v) is 2.47. The van der Waals surface area contributed by atoms with Crippen LogP contribution in [0.2, 0.25) is 0 Å². The van der Waals surface area contributed by atoms with Crippen molar-refractivity contribution in [3.05, 3.63) is 28.8 Å². The first-order chi connectivity index (χ1) is 8.85. The molecule has 2 heteroatoms. The van der Waals surface area contributed by atoms with Crippen molar-refractivity contribution in [2.45, 2.75) is 71.6 Å². The zero-order valence-electron chi connectivity index (χ0n) is 14.1. The molecule has 0 spiro atoms. The lowest BCUT2D eigenvalue weighted by molar-refractivity contribution is 0.422. The Morgan fingerprint density at radius 1 is 0.900 bits per heavy atom. The summed E-state index contributed by atoms with van der Waals surface area (Å²) in [6.07, 6.45) is 0. The first-order valence-electron chi connectivity index (χ1n) is 7.37. The van der Waals surface area contributed by atoms with E-state index in [1.54, 1.807) is 0 Å². The highest BCUT2D eigenvalue weighted by molar-refractivity contribution is 6.21. The van der Waals surface area contributed by atoms with Gasteiger partial charge in [-0.3, -0.25) is 0 Å². The second-order valence-corrected chi connectivity index (χ2v) is 8.58. The number of phenolic OH excluding ortho intramolecular Hbond substituents is 1. The summed E-state index contributed by atoms with van der Waals surface area (Å²) >= 11 is 6.56. The second-order valence-electron chi connectivity index (χ2n) is 8.11. The lowest BCUT2D eigenvalue weighted by Crippen LogP contribution is -2.18. The zero-order chi connectivity index (χ0) is 15.9. The van der Waals surface area contributed by atoms with Gasteiger partial charge in [0.2, 0.25) is 0 Å². The number of alkyl halides is 1. The smallest absolute Gasteiger partial charge is 0.123 e. The van der Waals surface area contributed by atoms with Crippen molar-refractivity contribution in [3.8, 4) is 5.75 Å². The summed E-state index contributed by atoms with van der Waals surface area (Å²) in [7, 11) is 0. The summed E-state index contributed by atoms with van der Waals surface area (Å²) in [5.74, 6) is 0.781. The van der Waals surface area contributed by atoms with Gasteiger partial charge in [-0.05, 0) is 33.4 Å². The van der Waals surface area contributed by atoms with Crippen LogP contribution in [0.3, 0.4) is 0 Å². The van der Waals surface area contributed by atoms with Gasteiger partial charge in [-0.1, -0.05) is 67.5 Å². The van der Waals surface area contributed by atoms with Gasteiger partial charge >= 0.3 is 0 Å². The molecule has 1 nitrogen and oxygen atoms in total.